The van der Waals surface area contributed by atoms with Crippen LogP contribution in [0.3, 0.4) is 0 Å². The van der Waals surface area contributed by atoms with E-state index in [0.717, 1.165) is 53.8 Å². The predicted molar refractivity (Wildman–Crippen MR) is 96.7 cm³/mol. The summed E-state index contributed by atoms with van der Waals surface area (Å²) in [7, 11) is 0. The van der Waals surface area contributed by atoms with Crippen molar-refractivity contribution in [2.75, 3.05) is 6.54 Å². The number of nitrogens with zero attached hydrogens (tertiary/aromatic N) is 1. The van der Waals surface area contributed by atoms with E-state index >= 15 is 0 Å². The minimum atomic E-state index is -4.52. The Hall–Kier alpha value is -1.93. The molecule has 0 spiro atoms. The number of aromatic nitrogens is 1. The number of hydrogen-bond donors (Lipinski definition) is 2. The van der Waals surface area contributed by atoms with Gasteiger partial charge in [0.05, 0.1) is 11.7 Å². The van der Waals surface area contributed by atoms with Crippen LogP contribution in [0.5, 0.6) is 0 Å². The van der Waals surface area contributed by atoms with Crippen molar-refractivity contribution < 1.29 is 23.1 Å². The lowest BCUT2D eigenvalue weighted by Crippen LogP contribution is -2.38. The summed E-state index contributed by atoms with van der Waals surface area (Å²) in [6.45, 7) is 2.13. The Balaban J connectivity index is 1.71. The van der Waals surface area contributed by atoms with Gasteiger partial charge in [-0.15, -0.1) is 11.3 Å². The molecule has 0 aliphatic heterocycles. The monoisotopic (exact) mass is 398 g/mol. The molecule has 2 aromatic rings. The largest absolute Gasteiger partial charge is 0.433 e. The summed E-state index contributed by atoms with van der Waals surface area (Å²) in [6, 6.07) is 5.87. The van der Waals surface area contributed by atoms with E-state index < -0.39 is 23.9 Å². The second-order valence-corrected chi connectivity index (χ2v) is 8.09. The van der Waals surface area contributed by atoms with Gasteiger partial charge in [-0.05, 0) is 44.0 Å². The number of pyridine rings is 1. The molecule has 1 aliphatic carbocycles. The first-order valence-corrected chi connectivity index (χ1v) is 9.63. The number of halogens is 3. The van der Waals surface area contributed by atoms with E-state index in [1.54, 1.807) is 18.3 Å². The van der Waals surface area contributed by atoms with E-state index in [4.69, 9.17) is 0 Å². The Morgan fingerprint density at radius 2 is 2.00 bits per heavy atom. The fourth-order valence-corrected chi connectivity index (χ4v) is 4.66. The summed E-state index contributed by atoms with van der Waals surface area (Å²) in [4.78, 5) is 17.7. The Bertz CT molecular complexity index is 794. The Morgan fingerprint density at radius 3 is 2.52 bits per heavy atom. The predicted octanol–water partition coefficient (Wildman–Crippen LogP) is 4.46. The maximum Gasteiger partial charge on any atom is 0.433 e. The van der Waals surface area contributed by atoms with E-state index in [9.17, 15) is 23.1 Å². The molecule has 8 heteroatoms. The van der Waals surface area contributed by atoms with Gasteiger partial charge in [0.1, 0.15) is 5.69 Å². The van der Waals surface area contributed by atoms with Gasteiger partial charge in [-0.2, -0.15) is 13.2 Å². The molecule has 0 unspecified atom stereocenters. The molecule has 146 valence electrons. The minimum Gasteiger partial charge on any atom is -0.388 e. The second-order valence-electron chi connectivity index (χ2n) is 6.98. The van der Waals surface area contributed by atoms with Gasteiger partial charge in [0, 0.05) is 27.9 Å². The maximum atomic E-state index is 12.6. The van der Waals surface area contributed by atoms with Crippen molar-refractivity contribution in [2.24, 2.45) is 0 Å². The first-order chi connectivity index (χ1) is 12.7. The lowest BCUT2D eigenvalue weighted by Gasteiger charge is -2.28. The van der Waals surface area contributed by atoms with E-state index in [1.165, 1.54) is 0 Å². The van der Waals surface area contributed by atoms with Crippen LogP contribution in [0.15, 0.2) is 30.5 Å². The first-order valence-electron chi connectivity index (χ1n) is 8.81. The van der Waals surface area contributed by atoms with E-state index in [-0.39, 0.29) is 11.0 Å². The SMILES string of the molecule is C[C@@H](O)c1ccc(C2(CNC(=O)c3ccc(C(F)(F)F)nc3)CCCC2)s1. The zero-order chi connectivity index (χ0) is 19.7. The fraction of sp³-hybridized carbons (Fsp3) is 0.474. The molecule has 1 amide bonds. The molecule has 3 rings (SSSR count). The highest BCUT2D eigenvalue weighted by Gasteiger charge is 2.37. The zero-order valence-corrected chi connectivity index (χ0v) is 15.7. The number of aliphatic hydroxyl groups is 1. The van der Waals surface area contributed by atoms with Gasteiger partial charge in [-0.25, -0.2) is 0 Å². The summed E-state index contributed by atoms with van der Waals surface area (Å²) in [5, 5.41) is 12.6. The highest BCUT2D eigenvalue weighted by atomic mass is 32.1. The molecule has 0 aromatic carbocycles. The molecule has 1 atom stereocenters. The third-order valence-corrected chi connectivity index (χ3v) is 6.53. The highest BCUT2D eigenvalue weighted by molar-refractivity contribution is 7.12. The van der Waals surface area contributed by atoms with Crippen molar-refractivity contribution in [2.45, 2.75) is 50.3 Å². The summed E-state index contributed by atoms with van der Waals surface area (Å²) < 4.78 is 37.8. The van der Waals surface area contributed by atoms with Crippen molar-refractivity contribution in [1.29, 1.82) is 0 Å². The molecule has 0 radical (unpaired) electrons. The van der Waals surface area contributed by atoms with Crippen LogP contribution in [0.1, 0.15) is 64.5 Å². The molecule has 1 saturated carbocycles. The van der Waals surface area contributed by atoms with Gasteiger partial charge in [0.2, 0.25) is 0 Å². The first kappa shape index (κ1) is 19.8. The van der Waals surface area contributed by atoms with Crippen LogP contribution in [-0.4, -0.2) is 22.5 Å². The Kier molecular flexibility index (Phi) is 5.58. The van der Waals surface area contributed by atoms with Crippen LogP contribution in [0, 0.1) is 0 Å². The average Bonchev–Trinajstić information content (AvgIpc) is 3.29. The molecular formula is C19H21F3N2O2S. The number of thiophene rings is 1. The normalized spacial score (nSPS) is 17.7. The zero-order valence-electron chi connectivity index (χ0n) is 14.8. The van der Waals surface area contributed by atoms with Gasteiger partial charge >= 0.3 is 6.18 Å². The molecule has 0 bridgehead atoms. The number of hydrogen-bond acceptors (Lipinski definition) is 4. The quantitative estimate of drug-likeness (QED) is 0.782. The van der Waals surface area contributed by atoms with Crippen molar-refractivity contribution >= 4 is 17.2 Å². The molecular weight excluding hydrogens is 377 g/mol. The Labute approximate surface area is 159 Å². The number of alkyl halides is 3. The number of nitrogens with one attached hydrogen (secondary N) is 1. The van der Waals surface area contributed by atoms with Crippen molar-refractivity contribution in [3.63, 3.8) is 0 Å². The van der Waals surface area contributed by atoms with E-state index in [1.807, 2.05) is 12.1 Å². The molecule has 27 heavy (non-hydrogen) atoms. The maximum absolute atomic E-state index is 12.6. The molecule has 1 aliphatic rings. The standard InChI is InChI=1S/C19H21F3N2O2S/c1-12(25)14-5-7-16(27-14)18(8-2-3-9-18)11-24-17(26)13-4-6-15(23-10-13)19(20,21)22/h4-7,10,12,25H,2-3,8-9,11H2,1H3,(H,24,26)/t12-/m1/s1. The number of carbonyl (C=O) groups excluding carboxylic acids is 1. The molecule has 2 N–H and O–H groups in total. The molecule has 2 heterocycles. The summed E-state index contributed by atoms with van der Waals surface area (Å²) in [5.41, 5.74) is -1.10. The molecule has 2 aromatic heterocycles. The average molecular weight is 398 g/mol. The van der Waals surface area contributed by atoms with Gasteiger partial charge in [-0.3, -0.25) is 9.78 Å². The van der Waals surface area contributed by atoms with Crippen molar-refractivity contribution in [3.8, 4) is 0 Å². The van der Waals surface area contributed by atoms with Crippen LogP contribution in [0.25, 0.3) is 0 Å². The number of rotatable bonds is 5. The van der Waals surface area contributed by atoms with E-state index in [0.29, 0.717) is 6.54 Å². The molecule has 4 nitrogen and oxygen atoms in total. The third kappa shape index (κ3) is 4.32. The lowest BCUT2D eigenvalue weighted by molar-refractivity contribution is -0.141. The third-order valence-electron chi connectivity index (χ3n) is 5.03. The summed E-state index contributed by atoms with van der Waals surface area (Å²) >= 11 is 1.55. The lowest BCUT2D eigenvalue weighted by atomic mass is 9.84. The van der Waals surface area contributed by atoms with Crippen molar-refractivity contribution in [3.05, 3.63) is 51.5 Å². The molecule has 0 saturated heterocycles. The fourth-order valence-electron chi connectivity index (χ4n) is 3.47. The van der Waals surface area contributed by atoms with Gasteiger partial charge < -0.3 is 10.4 Å². The van der Waals surface area contributed by atoms with Crippen LogP contribution in [-0.2, 0) is 11.6 Å². The van der Waals surface area contributed by atoms with Gasteiger partial charge in [0.15, 0.2) is 0 Å². The second kappa shape index (κ2) is 7.59. The number of aliphatic hydroxyl groups excluding tert-OH is 1. The summed E-state index contributed by atoms with van der Waals surface area (Å²) in [5.74, 6) is -0.435. The van der Waals surface area contributed by atoms with E-state index in [2.05, 4.69) is 10.3 Å². The van der Waals surface area contributed by atoms with Gasteiger partial charge in [0.25, 0.3) is 5.91 Å². The smallest absolute Gasteiger partial charge is 0.388 e. The van der Waals surface area contributed by atoms with Crippen LogP contribution >= 0.6 is 11.3 Å². The van der Waals surface area contributed by atoms with Crippen LogP contribution in [0.2, 0.25) is 0 Å². The minimum absolute atomic E-state index is 0.104. The number of carbonyl (C=O) groups is 1. The number of amides is 1. The topological polar surface area (TPSA) is 62.2 Å². The molecule has 1 fully saturated rings. The Morgan fingerprint density at radius 1 is 1.30 bits per heavy atom. The van der Waals surface area contributed by atoms with Crippen LogP contribution in [0.4, 0.5) is 13.2 Å². The summed E-state index contributed by atoms with van der Waals surface area (Å²) in [6.07, 6.45) is -0.134. The van der Waals surface area contributed by atoms with Crippen LogP contribution < -0.4 is 5.32 Å². The van der Waals surface area contributed by atoms with Gasteiger partial charge in [-0.1, -0.05) is 12.8 Å². The highest BCUT2D eigenvalue weighted by Crippen LogP contribution is 2.44. The van der Waals surface area contributed by atoms with Crippen molar-refractivity contribution in [1.82, 2.24) is 10.3 Å².